The number of aliphatic hydroxyl groups is 1. The van der Waals surface area contributed by atoms with Gasteiger partial charge in [-0.1, -0.05) is 124 Å². The largest absolute Gasteiger partial charge is 0.512 e. The van der Waals surface area contributed by atoms with Gasteiger partial charge >= 0.3 is 0 Å². The van der Waals surface area contributed by atoms with Crippen molar-refractivity contribution in [1.82, 2.24) is 4.98 Å². The van der Waals surface area contributed by atoms with Crippen LogP contribution in [0, 0.1) is 29.7 Å². The third-order valence-electron chi connectivity index (χ3n) is 11.6. The molecule has 0 saturated heterocycles. The van der Waals surface area contributed by atoms with E-state index in [4.69, 9.17) is 9.40 Å². The van der Waals surface area contributed by atoms with Crippen LogP contribution in [0.3, 0.4) is 0 Å². The molecule has 1 N–H and O–H groups in total. The SMILES string of the molecule is CCC(C)(CC)C(=O)/C=C(\O)C(C)(CC)CC.Cc1cc2c(-c3ccc4cc(CC(C)C)oc4c3)cc(-c3[c-]c4ccccc4c(C(C)(C)C)c3)nc2s1.[Ir]. The smallest absolute Gasteiger partial charge is 0.164 e. The topological polar surface area (TPSA) is 63.3 Å². The molecule has 295 valence electrons. The van der Waals surface area contributed by atoms with E-state index in [0.717, 1.165) is 75.9 Å². The number of benzene rings is 3. The molecule has 6 aromatic rings. The number of fused-ring (bicyclic) bond motifs is 3. The van der Waals surface area contributed by atoms with E-state index in [1.807, 2.05) is 41.5 Å². The fourth-order valence-corrected chi connectivity index (χ4v) is 7.84. The second-order valence-electron chi connectivity index (χ2n) is 17.0. The second kappa shape index (κ2) is 17.7. The number of pyridine rings is 1. The van der Waals surface area contributed by atoms with Crippen LogP contribution in [0.4, 0.5) is 0 Å². The number of ketones is 1. The van der Waals surface area contributed by atoms with Crippen LogP contribution >= 0.6 is 11.3 Å². The van der Waals surface area contributed by atoms with Gasteiger partial charge in [-0.05, 0) is 73.3 Å². The minimum absolute atomic E-state index is 0. The summed E-state index contributed by atoms with van der Waals surface area (Å²) in [4.78, 5) is 19.6. The molecule has 4 nitrogen and oxygen atoms in total. The first-order valence-corrected chi connectivity index (χ1v) is 20.6. The molecule has 0 amide bonds. The van der Waals surface area contributed by atoms with Crippen molar-refractivity contribution in [2.45, 2.75) is 121 Å². The molecule has 0 aliphatic carbocycles. The van der Waals surface area contributed by atoms with Crippen molar-refractivity contribution in [3.8, 4) is 22.4 Å². The van der Waals surface area contributed by atoms with Crippen molar-refractivity contribution < 1.29 is 34.4 Å². The van der Waals surface area contributed by atoms with Crippen molar-refractivity contribution in [2.75, 3.05) is 0 Å². The van der Waals surface area contributed by atoms with Gasteiger partial charge in [-0.25, -0.2) is 0 Å². The van der Waals surface area contributed by atoms with Crippen LogP contribution in [0.25, 0.3) is 54.3 Å². The number of hydrogen-bond acceptors (Lipinski definition) is 5. The van der Waals surface area contributed by atoms with Crippen molar-refractivity contribution in [2.24, 2.45) is 16.7 Å². The molecule has 3 aromatic carbocycles. The maximum absolute atomic E-state index is 12.2. The Morgan fingerprint density at radius 3 is 2.15 bits per heavy atom. The van der Waals surface area contributed by atoms with Crippen LogP contribution in [0.2, 0.25) is 0 Å². The number of rotatable bonds is 11. The summed E-state index contributed by atoms with van der Waals surface area (Å²) in [7, 11) is 0. The molecule has 1 radical (unpaired) electrons. The minimum Gasteiger partial charge on any atom is -0.512 e. The first-order valence-electron chi connectivity index (χ1n) is 19.8. The molecule has 0 aliphatic heterocycles. The molecule has 0 saturated carbocycles. The Bertz CT molecular complexity index is 2290. The Balaban J connectivity index is 0.000000320. The molecule has 6 rings (SSSR count). The molecular formula is C49H60IrNO3S-. The molecule has 6 heteroatoms. The zero-order valence-corrected chi connectivity index (χ0v) is 38.2. The molecule has 3 heterocycles. The number of hydrogen-bond donors (Lipinski definition) is 1. The molecule has 3 aromatic heterocycles. The van der Waals surface area contributed by atoms with Gasteiger partial charge in [0.05, 0.1) is 0 Å². The summed E-state index contributed by atoms with van der Waals surface area (Å²) in [5.41, 5.74) is 6.00. The number of carbonyl (C=O) groups is 1. The summed E-state index contributed by atoms with van der Waals surface area (Å²) in [5, 5.41) is 14.9. The summed E-state index contributed by atoms with van der Waals surface area (Å²) < 4.78 is 6.26. The van der Waals surface area contributed by atoms with Crippen LogP contribution in [-0.4, -0.2) is 15.9 Å². The Kier molecular flexibility index (Phi) is 14.2. The van der Waals surface area contributed by atoms with Crippen LogP contribution in [0.15, 0.2) is 83.0 Å². The van der Waals surface area contributed by atoms with Gasteiger partial charge < -0.3 is 9.52 Å². The maximum atomic E-state index is 12.2. The van der Waals surface area contributed by atoms with Gasteiger partial charge in [-0.15, -0.1) is 40.5 Å². The first-order chi connectivity index (χ1) is 25.4. The summed E-state index contributed by atoms with van der Waals surface area (Å²) in [6.07, 6.45) is 5.70. The molecule has 0 aliphatic rings. The molecule has 0 fully saturated rings. The van der Waals surface area contributed by atoms with Crippen LogP contribution in [0.5, 0.6) is 0 Å². The van der Waals surface area contributed by atoms with E-state index in [0.29, 0.717) is 5.92 Å². The minimum atomic E-state index is -0.337. The van der Waals surface area contributed by atoms with Gasteiger partial charge in [0.2, 0.25) is 0 Å². The molecule has 0 bridgehead atoms. The number of carbonyl (C=O) groups excluding carboxylic acids is 1. The van der Waals surface area contributed by atoms with Crippen molar-refractivity contribution >= 4 is 49.1 Å². The number of nitrogens with zero attached hydrogens (tertiary/aromatic N) is 1. The number of aromatic nitrogens is 1. The Hall–Kier alpha value is -3.57. The summed E-state index contributed by atoms with van der Waals surface area (Å²) in [5.74, 6) is 1.90. The fourth-order valence-electron chi connectivity index (χ4n) is 6.94. The predicted molar refractivity (Wildman–Crippen MR) is 232 cm³/mol. The molecule has 0 spiro atoms. The van der Waals surface area contributed by atoms with Crippen molar-refractivity contribution in [1.29, 1.82) is 0 Å². The van der Waals surface area contributed by atoms with E-state index in [1.165, 1.54) is 32.9 Å². The summed E-state index contributed by atoms with van der Waals surface area (Å²) in [6, 6.07) is 27.8. The van der Waals surface area contributed by atoms with E-state index in [9.17, 15) is 9.90 Å². The van der Waals surface area contributed by atoms with Crippen molar-refractivity contribution in [3.63, 3.8) is 0 Å². The standard InChI is InChI=1S/C34H32NOS.C15H28O2.Ir/c1-20(2)13-26-16-24-12-11-23(18-32(24)36-26)28-19-31(35-33-29(28)14-21(3)37-33)25-15-22-9-7-8-10-27(22)30(17-25)34(4,5)6;1-7-14(5,8-2)12(16)11-13(17)15(6,9-3)10-4;/h7-12,14,16-20H,13H2,1-6H3;11,16H,7-10H2,1-6H3;/q-1;;/b;12-11-;. The van der Waals surface area contributed by atoms with Gasteiger partial charge in [0.1, 0.15) is 21.9 Å². The number of furan rings is 1. The fraction of sp³-hybridized carbons (Fsp3) is 0.429. The Labute approximate surface area is 347 Å². The normalized spacial score (nSPS) is 12.6. The van der Waals surface area contributed by atoms with E-state index in [-0.39, 0.29) is 47.9 Å². The number of thiophene rings is 1. The molecule has 0 atom stereocenters. The predicted octanol–water partition coefficient (Wildman–Crippen LogP) is 14.8. The number of allylic oxidation sites excluding steroid dienone is 2. The first kappa shape index (κ1) is 44.1. The van der Waals surface area contributed by atoms with E-state index < -0.39 is 0 Å². The van der Waals surface area contributed by atoms with E-state index >= 15 is 0 Å². The second-order valence-corrected chi connectivity index (χ2v) is 18.3. The average molecular weight is 935 g/mol. The Morgan fingerprint density at radius 2 is 1.53 bits per heavy atom. The van der Waals surface area contributed by atoms with Gasteiger partial charge in [-0.3, -0.25) is 9.78 Å². The molecule has 0 unspecified atom stereocenters. The molecular weight excluding hydrogens is 875 g/mol. The van der Waals surface area contributed by atoms with Gasteiger partial charge in [-0.2, -0.15) is 0 Å². The Morgan fingerprint density at radius 1 is 0.873 bits per heavy atom. The van der Waals surface area contributed by atoms with Gasteiger partial charge in [0, 0.05) is 64.8 Å². The van der Waals surface area contributed by atoms with E-state index in [2.05, 4.69) is 114 Å². The van der Waals surface area contributed by atoms with Gasteiger partial charge in [0.25, 0.3) is 0 Å². The summed E-state index contributed by atoms with van der Waals surface area (Å²) >= 11 is 1.75. The quantitative estimate of drug-likeness (QED) is 0.0799. The van der Waals surface area contributed by atoms with Crippen molar-refractivity contribution in [3.05, 3.63) is 101 Å². The van der Waals surface area contributed by atoms with E-state index in [1.54, 1.807) is 11.3 Å². The molecule has 55 heavy (non-hydrogen) atoms. The van der Waals surface area contributed by atoms with Crippen LogP contribution in [0.1, 0.15) is 118 Å². The average Bonchev–Trinajstić information content (AvgIpc) is 3.73. The monoisotopic (exact) mass is 935 g/mol. The maximum Gasteiger partial charge on any atom is 0.164 e. The zero-order valence-electron chi connectivity index (χ0n) is 35.0. The number of aryl methyl sites for hydroxylation is 1. The summed E-state index contributed by atoms with van der Waals surface area (Å²) in [6.45, 7) is 25.5. The van der Waals surface area contributed by atoms with Crippen LogP contribution in [-0.2, 0) is 36.7 Å². The zero-order chi connectivity index (χ0) is 39.6. The third kappa shape index (κ3) is 9.70. The van der Waals surface area contributed by atoms with Crippen LogP contribution < -0.4 is 0 Å². The number of aliphatic hydroxyl groups excluding tert-OH is 1. The van der Waals surface area contributed by atoms with Gasteiger partial charge in [0.15, 0.2) is 5.78 Å². The third-order valence-corrected chi connectivity index (χ3v) is 12.5.